The van der Waals surface area contributed by atoms with E-state index in [1.54, 1.807) is 4.68 Å². The molecule has 0 aliphatic carbocycles. The van der Waals surface area contributed by atoms with Gasteiger partial charge in [-0.2, -0.15) is 5.10 Å². The van der Waals surface area contributed by atoms with Gasteiger partial charge in [-0.25, -0.2) is 4.68 Å². The lowest BCUT2D eigenvalue weighted by Crippen LogP contribution is -2.02. The first-order valence-corrected chi connectivity index (χ1v) is 6.79. The quantitative estimate of drug-likeness (QED) is 0.781. The van der Waals surface area contributed by atoms with E-state index in [2.05, 4.69) is 18.1 Å². The number of aldehydes is 1. The molecule has 100 valence electrons. The van der Waals surface area contributed by atoms with Crippen molar-refractivity contribution in [2.75, 3.05) is 0 Å². The zero-order valence-electron chi connectivity index (χ0n) is 11.2. The van der Waals surface area contributed by atoms with Gasteiger partial charge in [0.25, 0.3) is 0 Å². The Hall–Kier alpha value is -1.61. The van der Waals surface area contributed by atoms with Crippen LogP contribution in [0, 0.1) is 6.92 Å². The van der Waals surface area contributed by atoms with E-state index in [9.17, 15) is 4.79 Å². The van der Waals surface area contributed by atoms with Crippen molar-refractivity contribution < 1.29 is 4.79 Å². The molecule has 3 nitrogen and oxygen atoms in total. The maximum Gasteiger partial charge on any atom is 0.155 e. The van der Waals surface area contributed by atoms with E-state index in [-0.39, 0.29) is 0 Å². The number of carbonyl (C=O) groups is 1. The summed E-state index contributed by atoms with van der Waals surface area (Å²) in [6, 6.07) is 8.19. The SMILES string of the molecule is CCCc1nn(Cc2cccc(C)c2)c(Cl)c1C=O. The lowest BCUT2D eigenvalue weighted by molar-refractivity contribution is 0.112. The maximum atomic E-state index is 11.1. The summed E-state index contributed by atoms with van der Waals surface area (Å²) < 4.78 is 1.70. The van der Waals surface area contributed by atoms with E-state index < -0.39 is 0 Å². The summed E-state index contributed by atoms with van der Waals surface area (Å²) in [6.45, 7) is 4.70. The van der Waals surface area contributed by atoms with Crippen LogP contribution in [0.2, 0.25) is 5.15 Å². The van der Waals surface area contributed by atoms with Crippen LogP contribution in [0.3, 0.4) is 0 Å². The molecule has 1 aromatic heterocycles. The molecular formula is C15H17ClN2O. The normalized spacial score (nSPS) is 10.7. The van der Waals surface area contributed by atoms with Gasteiger partial charge in [-0.15, -0.1) is 0 Å². The highest BCUT2D eigenvalue weighted by Crippen LogP contribution is 2.21. The number of hydrogen-bond donors (Lipinski definition) is 0. The molecule has 4 heteroatoms. The topological polar surface area (TPSA) is 34.9 Å². The fourth-order valence-electron chi connectivity index (χ4n) is 2.13. The molecule has 0 bridgehead atoms. The van der Waals surface area contributed by atoms with Crippen molar-refractivity contribution in [2.24, 2.45) is 0 Å². The van der Waals surface area contributed by atoms with Crippen molar-refractivity contribution in [1.29, 1.82) is 0 Å². The summed E-state index contributed by atoms with van der Waals surface area (Å²) in [5.41, 5.74) is 3.64. The first-order chi connectivity index (χ1) is 9.15. The summed E-state index contributed by atoms with van der Waals surface area (Å²) in [5.74, 6) is 0. The van der Waals surface area contributed by atoms with Gasteiger partial charge in [-0.05, 0) is 18.9 Å². The Labute approximate surface area is 118 Å². The van der Waals surface area contributed by atoms with Crippen LogP contribution in [-0.4, -0.2) is 16.1 Å². The van der Waals surface area contributed by atoms with Crippen LogP contribution in [0.1, 0.15) is 40.5 Å². The average molecular weight is 277 g/mol. The van der Waals surface area contributed by atoms with Gasteiger partial charge in [-0.3, -0.25) is 4.79 Å². The highest BCUT2D eigenvalue weighted by atomic mass is 35.5. The molecule has 0 spiro atoms. The van der Waals surface area contributed by atoms with Gasteiger partial charge in [0, 0.05) is 0 Å². The van der Waals surface area contributed by atoms with E-state index in [0.717, 1.165) is 30.4 Å². The van der Waals surface area contributed by atoms with E-state index in [1.165, 1.54) is 5.56 Å². The second kappa shape index (κ2) is 6.02. The van der Waals surface area contributed by atoms with Crippen molar-refractivity contribution in [3.8, 4) is 0 Å². The zero-order chi connectivity index (χ0) is 13.8. The van der Waals surface area contributed by atoms with E-state index in [4.69, 9.17) is 11.6 Å². The first kappa shape index (κ1) is 13.8. The Balaban J connectivity index is 2.32. The second-order valence-corrected chi connectivity index (χ2v) is 5.02. The van der Waals surface area contributed by atoms with Crippen LogP contribution in [0.25, 0.3) is 0 Å². The number of hydrogen-bond acceptors (Lipinski definition) is 2. The standard InChI is InChI=1S/C15H17ClN2O/c1-3-5-14-13(10-19)15(16)18(17-14)9-12-7-4-6-11(2)8-12/h4,6-8,10H,3,5,9H2,1-2H3. The largest absolute Gasteiger partial charge is 0.298 e. The lowest BCUT2D eigenvalue weighted by atomic mass is 10.1. The van der Waals surface area contributed by atoms with E-state index in [0.29, 0.717) is 17.3 Å². The number of aromatic nitrogens is 2. The third-order valence-electron chi connectivity index (χ3n) is 3.02. The van der Waals surface area contributed by atoms with Gasteiger partial charge in [0.1, 0.15) is 5.15 Å². The van der Waals surface area contributed by atoms with Crippen LogP contribution in [0.4, 0.5) is 0 Å². The molecule has 2 rings (SSSR count). The summed E-state index contributed by atoms with van der Waals surface area (Å²) in [7, 11) is 0. The number of rotatable bonds is 5. The first-order valence-electron chi connectivity index (χ1n) is 6.41. The second-order valence-electron chi connectivity index (χ2n) is 4.67. The van der Waals surface area contributed by atoms with Crippen LogP contribution in [0.15, 0.2) is 24.3 Å². The van der Waals surface area contributed by atoms with Crippen molar-refractivity contribution >= 4 is 17.9 Å². The van der Waals surface area contributed by atoms with Crippen LogP contribution < -0.4 is 0 Å². The molecule has 0 unspecified atom stereocenters. The molecule has 0 aliphatic rings. The van der Waals surface area contributed by atoms with Gasteiger partial charge in [0.05, 0.1) is 17.8 Å². The van der Waals surface area contributed by atoms with Crippen molar-refractivity contribution in [3.63, 3.8) is 0 Å². The molecular weight excluding hydrogens is 260 g/mol. The Bertz CT molecular complexity index is 590. The molecule has 19 heavy (non-hydrogen) atoms. The Morgan fingerprint density at radius 1 is 1.42 bits per heavy atom. The van der Waals surface area contributed by atoms with Gasteiger partial charge in [0.15, 0.2) is 6.29 Å². The van der Waals surface area contributed by atoms with Crippen molar-refractivity contribution in [2.45, 2.75) is 33.2 Å². The monoisotopic (exact) mass is 276 g/mol. The Morgan fingerprint density at radius 3 is 2.84 bits per heavy atom. The fourth-order valence-corrected chi connectivity index (χ4v) is 2.38. The summed E-state index contributed by atoms with van der Waals surface area (Å²) in [4.78, 5) is 11.1. The van der Waals surface area contributed by atoms with E-state index in [1.807, 2.05) is 25.1 Å². The molecule has 0 aliphatic heterocycles. The van der Waals surface area contributed by atoms with Gasteiger partial charge < -0.3 is 0 Å². The smallest absolute Gasteiger partial charge is 0.155 e. The summed E-state index contributed by atoms with van der Waals surface area (Å²) in [6.07, 6.45) is 2.51. The minimum absolute atomic E-state index is 0.431. The summed E-state index contributed by atoms with van der Waals surface area (Å²) >= 11 is 6.22. The van der Waals surface area contributed by atoms with Crippen LogP contribution in [0.5, 0.6) is 0 Å². The average Bonchev–Trinajstić information content (AvgIpc) is 2.66. The highest BCUT2D eigenvalue weighted by molar-refractivity contribution is 6.32. The predicted octanol–water partition coefficient (Wildman–Crippen LogP) is 3.66. The predicted molar refractivity (Wildman–Crippen MR) is 76.9 cm³/mol. The van der Waals surface area contributed by atoms with Crippen molar-refractivity contribution in [3.05, 3.63) is 51.8 Å². The number of benzene rings is 1. The minimum atomic E-state index is 0.431. The lowest BCUT2D eigenvalue weighted by Gasteiger charge is -2.04. The fraction of sp³-hybridized carbons (Fsp3) is 0.333. The molecule has 0 amide bonds. The third-order valence-corrected chi connectivity index (χ3v) is 3.42. The van der Waals surface area contributed by atoms with Gasteiger partial charge in [0.2, 0.25) is 0 Å². The minimum Gasteiger partial charge on any atom is -0.298 e. The highest BCUT2D eigenvalue weighted by Gasteiger charge is 2.15. The maximum absolute atomic E-state index is 11.1. The molecule has 0 saturated carbocycles. The van der Waals surface area contributed by atoms with E-state index >= 15 is 0 Å². The summed E-state index contributed by atoms with van der Waals surface area (Å²) in [5, 5.41) is 4.88. The molecule has 1 heterocycles. The zero-order valence-corrected chi connectivity index (χ0v) is 11.9. The number of halogens is 1. The molecule has 1 aromatic carbocycles. The van der Waals surface area contributed by atoms with Crippen LogP contribution in [-0.2, 0) is 13.0 Å². The molecule has 0 atom stereocenters. The van der Waals surface area contributed by atoms with Crippen LogP contribution >= 0.6 is 11.6 Å². The third kappa shape index (κ3) is 3.04. The Kier molecular flexibility index (Phi) is 4.38. The number of carbonyl (C=O) groups excluding carboxylic acids is 1. The molecule has 0 fully saturated rings. The van der Waals surface area contributed by atoms with Gasteiger partial charge in [-0.1, -0.05) is 54.8 Å². The van der Waals surface area contributed by atoms with Gasteiger partial charge >= 0.3 is 0 Å². The molecule has 2 aromatic rings. The van der Waals surface area contributed by atoms with Crippen molar-refractivity contribution in [1.82, 2.24) is 9.78 Å². The Morgan fingerprint density at radius 2 is 2.21 bits per heavy atom. The number of aryl methyl sites for hydroxylation is 2. The molecule has 0 radical (unpaired) electrons. The number of nitrogens with zero attached hydrogens (tertiary/aromatic N) is 2. The molecule has 0 saturated heterocycles. The molecule has 0 N–H and O–H groups in total.